The third-order valence-corrected chi connectivity index (χ3v) is 4.67. The van der Waals surface area contributed by atoms with Crippen LogP contribution in [0.4, 0.5) is 11.4 Å². The van der Waals surface area contributed by atoms with Crippen LogP contribution in [0.5, 0.6) is 0 Å². The quantitative estimate of drug-likeness (QED) is 0.464. The average Bonchev–Trinajstić information content (AvgIpc) is 2.71. The summed E-state index contributed by atoms with van der Waals surface area (Å²) in [6, 6.07) is 25.8. The lowest BCUT2D eigenvalue weighted by atomic mass is 9.99. The Kier molecular flexibility index (Phi) is 6.52. The molecular formula is C22H23N3OS. The summed E-state index contributed by atoms with van der Waals surface area (Å²) in [6.45, 7) is 0.200. The molecule has 0 aliphatic heterocycles. The molecule has 27 heavy (non-hydrogen) atoms. The van der Waals surface area contributed by atoms with Crippen molar-refractivity contribution >= 4 is 29.9 Å². The Balaban J connectivity index is 1.69. The highest BCUT2D eigenvalue weighted by Gasteiger charge is 2.15. The standard InChI is InChI=1S/C22H23N3OS/c1-23-19-14-18(12-13-20(19)27)25-21(26)15-24-22(16-8-4-2-5-9-16)17-10-6-3-7-11-17/h2-14,22-24,27H,15H2,1H3,(H,25,26). The molecule has 3 rings (SSSR count). The molecule has 0 aliphatic rings. The molecule has 0 radical (unpaired) electrons. The lowest BCUT2D eigenvalue weighted by Crippen LogP contribution is -2.31. The van der Waals surface area contributed by atoms with E-state index in [9.17, 15) is 4.79 Å². The van der Waals surface area contributed by atoms with Gasteiger partial charge in [-0.1, -0.05) is 60.7 Å². The Bertz CT molecular complexity index is 845. The summed E-state index contributed by atoms with van der Waals surface area (Å²) in [5.41, 5.74) is 3.84. The molecule has 0 fully saturated rings. The zero-order valence-electron chi connectivity index (χ0n) is 15.1. The molecule has 0 spiro atoms. The summed E-state index contributed by atoms with van der Waals surface area (Å²) in [5, 5.41) is 9.36. The summed E-state index contributed by atoms with van der Waals surface area (Å²) in [5.74, 6) is -0.0965. The highest BCUT2D eigenvalue weighted by atomic mass is 32.1. The normalized spacial score (nSPS) is 10.6. The Morgan fingerprint density at radius 3 is 2.07 bits per heavy atom. The second-order valence-corrected chi connectivity index (χ2v) is 6.65. The molecule has 0 aromatic heterocycles. The van der Waals surface area contributed by atoms with Crippen LogP contribution in [0.15, 0.2) is 83.8 Å². The van der Waals surface area contributed by atoms with Crippen LogP contribution < -0.4 is 16.0 Å². The van der Waals surface area contributed by atoms with Crippen molar-refractivity contribution in [1.29, 1.82) is 0 Å². The molecule has 4 nitrogen and oxygen atoms in total. The largest absolute Gasteiger partial charge is 0.387 e. The third kappa shape index (κ3) is 5.12. The number of thiol groups is 1. The first-order chi connectivity index (χ1) is 13.2. The van der Waals surface area contributed by atoms with Crippen molar-refractivity contribution in [2.45, 2.75) is 10.9 Å². The molecule has 1 amide bonds. The topological polar surface area (TPSA) is 53.2 Å². The lowest BCUT2D eigenvalue weighted by molar-refractivity contribution is -0.115. The second-order valence-electron chi connectivity index (χ2n) is 6.17. The summed E-state index contributed by atoms with van der Waals surface area (Å²) < 4.78 is 0. The van der Waals surface area contributed by atoms with E-state index in [0.29, 0.717) is 0 Å². The SMILES string of the molecule is CNc1cc(NC(=O)CNC(c2ccccc2)c2ccccc2)ccc1S. The molecule has 5 heteroatoms. The Morgan fingerprint density at radius 2 is 1.52 bits per heavy atom. The number of nitrogens with one attached hydrogen (secondary N) is 3. The summed E-state index contributed by atoms with van der Waals surface area (Å²) >= 11 is 4.38. The van der Waals surface area contributed by atoms with Gasteiger partial charge in [-0.2, -0.15) is 0 Å². The molecule has 3 aromatic carbocycles. The molecular weight excluding hydrogens is 354 g/mol. The van der Waals surface area contributed by atoms with Crippen molar-refractivity contribution in [2.24, 2.45) is 0 Å². The van der Waals surface area contributed by atoms with Gasteiger partial charge in [0, 0.05) is 23.3 Å². The molecule has 3 aromatic rings. The number of carbonyl (C=O) groups excluding carboxylic acids is 1. The van der Waals surface area contributed by atoms with E-state index in [0.717, 1.165) is 27.4 Å². The zero-order chi connectivity index (χ0) is 19.1. The predicted octanol–water partition coefficient (Wildman–Crippen LogP) is 4.33. The summed E-state index contributed by atoms with van der Waals surface area (Å²) in [7, 11) is 1.83. The van der Waals surface area contributed by atoms with Crippen LogP contribution in [0.25, 0.3) is 0 Å². The van der Waals surface area contributed by atoms with Gasteiger partial charge in [0.2, 0.25) is 5.91 Å². The van der Waals surface area contributed by atoms with Gasteiger partial charge in [0.25, 0.3) is 0 Å². The number of hydrogen-bond donors (Lipinski definition) is 4. The van der Waals surface area contributed by atoms with E-state index in [1.807, 2.05) is 61.6 Å². The summed E-state index contributed by atoms with van der Waals surface area (Å²) in [4.78, 5) is 13.3. The van der Waals surface area contributed by atoms with E-state index in [1.165, 1.54) is 0 Å². The molecule has 0 heterocycles. The highest BCUT2D eigenvalue weighted by molar-refractivity contribution is 7.80. The van der Waals surface area contributed by atoms with E-state index >= 15 is 0 Å². The van der Waals surface area contributed by atoms with E-state index < -0.39 is 0 Å². The van der Waals surface area contributed by atoms with Gasteiger partial charge in [0.1, 0.15) is 0 Å². The van der Waals surface area contributed by atoms with Gasteiger partial charge >= 0.3 is 0 Å². The predicted molar refractivity (Wildman–Crippen MR) is 115 cm³/mol. The van der Waals surface area contributed by atoms with Crippen LogP contribution in [0.3, 0.4) is 0 Å². The van der Waals surface area contributed by atoms with Crippen molar-refractivity contribution in [1.82, 2.24) is 5.32 Å². The van der Waals surface area contributed by atoms with E-state index in [2.05, 4.69) is 52.8 Å². The van der Waals surface area contributed by atoms with Crippen LogP contribution in [0.2, 0.25) is 0 Å². The number of hydrogen-bond acceptors (Lipinski definition) is 4. The van der Waals surface area contributed by atoms with Crippen LogP contribution >= 0.6 is 12.6 Å². The van der Waals surface area contributed by atoms with Crippen LogP contribution in [-0.4, -0.2) is 19.5 Å². The van der Waals surface area contributed by atoms with Gasteiger partial charge in [-0.25, -0.2) is 0 Å². The number of benzene rings is 3. The van der Waals surface area contributed by atoms with Crippen LogP contribution in [0.1, 0.15) is 17.2 Å². The Labute approximate surface area is 165 Å². The fourth-order valence-electron chi connectivity index (χ4n) is 2.93. The van der Waals surface area contributed by atoms with Gasteiger partial charge in [0.05, 0.1) is 12.6 Å². The maximum Gasteiger partial charge on any atom is 0.238 e. The first-order valence-corrected chi connectivity index (χ1v) is 9.26. The average molecular weight is 378 g/mol. The smallest absolute Gasteiger partial charge is 0.238 e. The minimum absolute atomic E-state index is 0.0502. The van der Waals surface area contributed by atoms with Crippen molar-refractivity contribution in [3.05, 3.63) is 90.0 Å². The molecule has 0 saturated carbocycles. The highest BCUT2D eigenvalue weighted by Crippen LogP contribution is 2.24. The third-order valence-electron chi connectivity index (χ3n) is 4.28. The molecule has 0 saturated heterocycles. The van der Waals surface area contributed by atoms with Crippen molar-refractivity contribution in [2.75, 3.05) is 24.2 Å². The second kappa shape index (κ2) is 9.26. The van der Waals surface area contributed by atoms with Gasteiger partial charge in [-0.3, -0.25) is 10.1 Å². The fraction of sp³-hybridized carbons (Fsp3) is 0.136. The number of carbonyl (C=O) groups is 1. The molecule has 0 aliphatic carbocycles. The van der Waals surface area contributed by atoms with Gasteiger partial charge in [-0.05, 0) is 29.3 Å². The van der Waals surface area contributed by atoms with Crippen molar-refractivity contribution in [3.63, 3.8) is 0 Å². The van der Waals surface area contributed by atoms with Crippen LogP contribution in [-0.2, 0) is 4.79 Å². The number of rotatable bonds is 7. The van der Waals surface area contributed by atoms with E-state index in [4.69, 9.17) is 0 Å². The molecule has 138 valence electrons. The minimum Gasteiger partial charge on any atom is -0.387 e. The molecule has 0 atom stereocenters. The minimum atomic E-state index is -0.0965. The maximum absolute atomic E-state index is 12.5. The lowest BCUT2D eigenvalue weighted by Gasteiger charge is -2.20. The number of amides is 1. The van der Waals surface area contributed by atoms with Crippen LogP contribution in [0, 0.1) is 0 Å². The first-order valence-electron chi connectivity index (χ1n) is 8.81. The molecule has 0 unspecified atom stereocenters. The van der Waals surface area contributed by atoms with Crippen molar-refractivity contribution in [3.8, 4) is 0 Å². The Hall–Kier alpha value is -2.76. The Morgan fingerprint density at radius 1 is 0.926 bits per heavy atom. The molecule has 3 N–H and O–H groups in total. The summed E-state index contributed by atoms with van der Waals surface area (Å²) in [6.07, 6.45) is 0. The maximum atomic E-state index is 12.5. The van der Waals surface area contributed by atoms with Gasteiger partial charge < -0.3 is 10.6 Å². The first kappa shape index (κ1) is 19.0. The fourth-order valence-corrected chi connectivity index (χ4v) is 3.18. The van der Waals surface area contributed by atoms with Crippen molar-refractivity contribution < 1.29 is 4.79 Å². The molecule has 0 bridgehead atoms. The number of anilines is 2. The van der Waals surface area contributed by atoms with E-state index in [-0.39, 0.29) is 18.5 Å². The van der Waals surface area contributed by atoms with E-state index in [1.54, 1.807) is 0 Å². The van der Waals surface area contributed by atoms with Gasteiger partial charge in [-0.15, -0.1) is 12.6 Å². The van der Waals surface area contributed by atoms with Gasteiger partial charge in [0.15, 0.2) is 0 Å². The monoisotopic (exact) mass is 377 g/mol. The zero-order valence-corrected chi connectivity index (χ0v) is 16.0.